The summed E-state index contributed by atoms with van der Waals surface area (Å²) in [4.78, 5) is 12.1. The molecule has 4 heteroatoms. The van der Waals surface area contributed by atoms with E-state index in [1.54, 1.807) is 12.1 Å². The summed E-state index contributed by atoms with van der Waals surface area (Å²) < 4.78 is 11.7. The maximum atomic E-state index is 12.1. The van der Waals surface area contributed by atoms with Gasteiger partial charge < -0.3 is 9.47 Å². The Kier molecular flexibility index (Phi) is 6.33. The van der Waals surface area contributed by atoms with Crippen molar-refractivity contribution < 1.29 is 14.3 Å². The summed E-state index contributed by atoms with van der Waals surface area (Å²) in [5.74, 6) is 2.21. The van der Waals surface area contributed by atoms with Gasteiger partial charge in [0, 0.05) is 0 Å². The number of rotatable bonds is 5. The molecule has 0 N–H and O–H groups in total. The lowest BCUT2D eigenvalue weighted by Crippen LogP contribution is -2.45. The van der Waals surface area contributed by atoms with Crippen molar-refractivity contribution in [3.8, 4) is 0 Å². The Morgan fingerprint density at radius 2 is 1.82 bits per heavy atom. The average molecular weight is 322 g/mol. The highest BCUT2D eigenvalue weighted by Gasteiger charge is 2.39. The Morgan fingerprint density at radius 3 is 2.45 bits per heavy atom. The maximum absolute atomic E-state index is 12.1. The number of esters is 1. The zero-order valence-electron chi connectivity index (χ0n) is 13.8. The van der Waals surface area contributed by atoms with Crippen molar-refractivity contribution in [2.75, 3.05) is 12.4 Å². The molecular weight excluding hydrogens is 296 g/mol. The summed E-state index contributed by atoms with van der Waals surface area (Å²) >= 11 is 1.84. The van der Waals surface area contributed by atoms with E-state index in [-0.39, 0.29) is 17.5 Å². The number of carbonyl (C=O) groups is 1. The Balaban J connectivity index is 1.94. The molecule has 1 aliphatic heterocycles. The van der Waals surface area contributed by atoms with Crippen LogP contribution in [0.5, 0.6) is 0 Å². The minimum absolute atomic E-state index is 0.0251. The summed E-state index contributed by atoms with van der Waals surface area (Å²) in [6.07, 6.45) is -0.0251. The van der Waals surface area contributed by atoms with Gasteiger partial charge >= 0.3 is 5.97 Å². The Bertz CT molecular complexity index is 476. The lowest BCUT2D eigenvalue weighted by atomic mass is 9.80. The topological polar surface area (TPSA) is 35.5 Å². The molecule has 3 nitrogen and oxygen atoms in total. The number of benzene rings is 1. The second-order valence-corrected chi connectivity index (χ2v) is 7.42. The van der Waals surface area contributed by atoms with Crippen LogP contribution in [0.25, 0.3) is 0 Å². The molecule has 0 spiro atoms. The van der Waals surface area contributed by atoms with Crippen molar-refractivity contribution in [1.29, 1.82) is 0 Å². The highest BCUT2D eigenvalue weighted by molar-refractivity contribution is 7.99. The SMILES string of the molecule is CCS[C@@H]1OC(COC(=O)c2ccccc2)[C@@H](C)[C@H](C)C1C. The summed E-state index contributed by atoms with van der Waals surface area (Å²) in [7, 11) is 0. The number of hydrogen-bond donors (Lipinski definition) is 0. The van der Waals surface area contributed by atoms with Gasteiger partial charge in [0.1, 0.15) is 12.0 Å². The molecule has 1 fully saturated rings. The summed E-state index contributed by atoms with van der Waals surface area (Å²) in [6.45, 7) is 9.18. The summed E-state index contributed by atoms with van der Waals surface area (Å²) in [5, 5.41) is 0. The fraction of sp³-hybridized carbons (Fsp3) is 0.611. The van der Waals surface area contributed by atoms with E-state index in [0.29, 0.717) is 29.9 Å². The van der Waals surface area contributed by atoms with Crippen LogP contribution >= 0.6 is 11.8 Å². The first-order chi connectivity index (χ1) is 10.5. The standard InChI is InChI=1S/C18H26O3S/c1-5-22-18-14(4)12(2)13(3)16(21-18)11-20-17(19)15-9-7-6-8-10-15/h6-10,12-14,16,18H,5,11H2,1-4H3/t12-,13-,14?,16?,18-/m0/s1. The summed E-state index contributed by atoms with van der Waals surface area (Å²) in [6, 6.07) is 9.11. The first-order valence-corrected chi connectivity index (χ1v) is 9.08. The average Bonchev–Trinajstić information content (AvgIpc) is 2.55. The smallest absolute Gasteiger partial charge is 0.338 e. The minimum Gasteiger partial charge on any atom is -0.459 e. The largest absolute Gasteiger partial charge is 0.459 e. The Hall–Kier alpha value is -1.00. The van der Waals surface area contributed by atoms with E-state index in [1.807, 2.05) is 30.0 Å². The van der Waals surface area contributed by atoms with Gasteiger partial charge in [-0.3, -0.25) is 0 Å². The van der Waals surface area contributed by atoms with Crippen molar-refractivity contribution in [1.82, 2.24) is 0 Å². The number of ether oxygens (including phenoxy) is 2. The van der Waals surface area contributed by atoms with Gasteiger partial charge in [0.25, 0.3) is 0 Å². The van der Waals surface area contributed by atoms with Crippen LogP contribution in [-0.4, -0.2) is 29.9 Å². The van der Waals surface area contributed by atoms with Crippen LogP contribution in [-0.2, 0) is 9.47 Å². The number of thioether (sulfide) groups is 1. The fourth-order valence-electron chi connectivity index (χ4n) is 2.85. The third-order valence-electron chi connectivity index (χ3n) is 4.70. The van der Waals surface area contributed by atoms with Crippen molar-refractivity contribution in [2.45, 2.75) is 39.2 Å². The van der Waals surface area contributed by atoms with E-state index < -0.39 is 0 Å². The van der Waals surface area contributed by atoms with Gasteiger partial charge in [-0.05, 0) is 35.6 Å². The minimum atomic E-state index is -0.276. The van der Waals surface area contributed by atoms with Crippen LogP contribution in [0.4, 0.5) is 0 Å². The zero-order valence-corrected chi connectivity index (χ0v) is 14.6. The third-order valence-corrected chi connectivity index (χ3v) is 5.90. The normalized spacial score (nSPS) is 31.7. The van der Waals surface area contributed by atoms with E-state index in [9.17, 15) is 4.79 Å². The van der Waals surface area contributed by atoms with Crippen LogP contribution in [0, 0.1) is 17.8 Å². The molecule has 2 unspecified atom stereocenters. The quantitative estimate of drug-likeness (QED) is 0.760. The molecule has 122 valence electrons. The van der Waals surface area contributed by atoms with Crippen LogP contribution < -0.4 is 0 Å². The van der Waals surface area contributed by atoms with E-state index >= 15 is 0 Å². The number of carbonyl (C=O) groups excluding carboxylic acids is 1. The first-order valence-electron chi connectivity index (χ1n) is 8.03. The molecule has 0 saturated carbocycles. The molecule has 0 amide bonds. The fourth-order valence-corrected chi connectivity index (χ4v) is 3.95. The molecule has 0 aromatic heterocycles. The predicted octanol–water partition coefficient (Wildman–Crippen LogP) is 4.23. The van der Waals surface area contributed by atoms with Crippen molar-refractivity contribution in [2.24, 2.45) is 17.8 Å². The molecule has 22 heavy (non-hydrogen) atoms. The van der Waals surface area contributed by atoms with E-state index in [2.05, 4.69) is 27.7 Å². The summed E-state index contributed by atoms with van der Waals surface area (Å²) in [5.41, 5.74) is 0.781. The molecule has 1 aromatic rings. The molecule has 0 bridgehead atoms. The van der Waals surface area contributed by atoms with Gasteiger partial charge in [0.2, 0.25) is 0 Å². The van der Waals surface area contributed by atoms with Gasteiger partial charge in [-0.2, -0.15) is 0 Å². The van der Waals surface area contributed by atoms with Gasteiger partial charge in [-0.25, -0.2) is 4.79 Å². The molecule has 1 saturated heterocycles. The van der Waals surface area contributed by atoms with E-state index in [1.165, 1.54) is 0 Å². The molecule has 1 heterocycles. The van der Waals surface area contributed by atoms with E-state index in [4.69, 9.17) is 9.47 Å². The molecule has 5 atom stereocenters. The van der Waals surface area contributed by atoms with Gasteiger partial charge in [0.15, 0.2) is 0 Å². The van der Waals surface area contributed by atoms with Crippen LogP contribution in [0.2, 0.25) is 0 Å². The zero-order chi connectivity index (χ0) is 16.1. The van der Waals surface area contributed by atoms with Crippen LogP contribution in [0.15, 0.2) is 30.3 Å². The van der Waals surface area contributed by atoms with Gasteiger partial charge in [-0.15, -0.1) is 11.8 Å². The lowest BCUT2D eigenvalue weighted by molar-refractivity contribution is -0.114. The third kappa shape index (κ3) is 4.05. The highest BCUT2D eigenvalue weighted by atomic mass is 32.2. The maximum Gasteiger partial charge on any atom is 0.338 e. The first kappa shape index (κ1) is 17.4. The Morgan fingerprint density at radius 1 is 1.14 bits per heavy atom. The molecule has 0 aliphatic carbocycles. The second kappa shape index (κ2) is 8.02. The van der Waals surface area contributed by atoms with Crippen molar-refractivity contribution >= 4 is 17.7 Å². The van der Waals surface area contributed by atoms with Crippen molar-refractivity contribution in [3.05, 3.63) is 35.9 Å². The van der Waals surface area contributed by atoms with Crippen LogP contribution in [0.3, 0.4) is 0 Å². The van der Waals surface area contributed by atoms with Gasteiger partial charge in [0.05, 0.1) is 11.7 Å². The molecule has 2 rings (SSSR count). The Labute approximate surface area is 137 Å². The molecule has 1 aromatic carbocycles. The molecule has 1 aliphatic rings. The van der Waals surface area contributed by atoms with Gasteiger partial charge in [-0.1, -0.05) is 45.9 Å². The molecule has 0 radical (unpaired) electrons. The highest BCUT2D eigenvalue weighted by Crippen LogP contribution is 2.39. The monoisotopic (exact) mass is 322 g/mol. The van der Waals surface area contributed by atoms with E-state index in [0.717, 1.165) is 5.75 Å². The van der Waals surface area contributed by atoms with Crippen molar-refractivity contribution in [3.63, 3.8) is 0 Å². The molecular formula is C18H26O3S. The predicted molar refractivity (Wildman–Crippen MR) is 91.0 cm³/mol. The number of hydrogen-bond acceptors (Lipinski definition) is 4. The lowest BCUT2D eigenvalue weighted by Gasteiger charge is -2.43. The van der Waals surface area contributed by atoms with Crippen LogP contribution in [0.1, 0.15) is 38.1 Å². The second-order valence-electron chi connectivity index (χ2n) is 6.04.